The minimum atomic E-state index is 0.183. The van der Waals surface area contributed by atoms with Gasteiger partial charge in [0.05, 0.1) is 11.7 Å². The maximum Gasteiger partial charge on any atom is 0.0756 e. The predicted molar refractivity (Wildman–Crippen MR) is 80.3 cm³/mol. The Kier molecular flexibility index (Phi) is 4.69. The van der Waals surface area contributed by atoms with Crippen LogP contribution in [0.15, 0.2) is 42.6 Å². The zero-order chi connectivity index (χ0) is 13.7. The molecule has 1 aromatic heterocycles. The van der Waals surface area contributed by atoms with Crippen LogP contribution in [0.2, 0.25) is 0 Å². The molecule has 0 radical (unpaired) electrons. The van der Waals surface area contributed by atoms with Gasteiger partial charge in [-0.05, 0) is 42.6 Å². The summed E-state index contributed by atoms with van der Waals surface area (Å²) in [7, 11) is 0. The van der Waals surface area contributed by atoms with E-state index in [1.165, 1.54) is 16.7 Å². The van der Waals surface area contributed by atoms with Crippen LogP contribution in [-0.2, 0) is 6.42 Å². The fourth-order valence-corrected chi connectivity index (χ4v) is 2.48. The van der Waals surface area contributed by atoms with E-state index in [0.717, 1.165) is 18.7 Å². The van der Waals surface area contributed by atoms with Crippen molar-refractivity contribution in [1.29, 1.82) is 0 Å². The summed E-state index contributed by atoms with van der Waals surface area (Å²) < 4.78 is 0. The molecular formula is C17H22N2. The zero-order valence-corrected chi connectivity index (χ0v) is 12.0. The number of pyridine rings is 1. The van der Waals surface area contributed by atoms with E-state index in [9.17, 15) is 0 Å². The van der Waals surface area contributed by atoms with E-state index >= 15 is 0 Å². The van der Waals surface area contributed by atoms with Gasteiger partial charge < -0.3 is 5.32 Å². The van der Waals surface area contributed by atoms with Gasteiger partial charge in [-0.15, -0.1) is 0 Å². The van der Waals surface area contributed by atoms with E-state index in [1.54, 1.807) is 0 Å². The summed E-state index contributed by atoms with van der Waals surface area (Å²) in [5, 5.41) is 3.57. The average molecular weight is 254 g/mol. The number of rotatable bonds is 5. The van der Waals surface area contributed by atoms with Crippen molar-refractivity contribution in [2.75, 3.05) is 6.54 Å². The number of aromatic nitrogens is 1. The molecule has 1 heterocycles. The molecule has 0 aliphatic rings. The molecule has 0 aliphatic carbocycles. The van der Waals surface area contributed by atoms with Gasteiger partial charge in [-0.2, -0.15) is 0 Å². The molecule has 0 saturated carbocycles. The summed E-state index contributed by atoms with van der Waals surface area (Å²) in [5.74, 6) is 0. The third-order valence-electron chi connectivity index (χ3n) is 3.49. The van der Waals surface area contributed by atoms with Gasteiger partial charge in [-0.25, -0.2) is 0 Å². The Balaban J connectivity index is 2.49. The van der Waals surface area contributed by atoms with Crippen LogP contribution in [0.25, 0.3) is 0 Å². The highest BCUT2D eigenvalue weighted by molar-refractivity contribution is 5.37. The highest BCUT2D eigenvalue weighted by atomic mass is 14.9. The van der Waals surface area contributed by atoms with Crippen LogP contribution in [0, 0.1) is 6.92 Å². The van der Waals surface area contributed by atoms with Gasteiger partial charge in [0.15, 0.2) is 0 Å². The molecule has 0 fully saturated rings. The molecule has 1 atom stereocenters. The largest absolute Gasteiger partial charge is 0.305 e. The summed E-state index contributed by atoms with van der Waals surface area (Å²) in [4.78, 5) is 4.62. The second-order valence-corrected chi connectivity index (χ2v) is 4.75. The Labute approximate surface area is 115 Å². The summed E-state index contributed by atoms with van der Waals surface area (Å²) >= 11 is 0. The van der Waals surface area contributed by atoms with Gasteiger partial charge in [0.25, 0.3) is 0 Å². The van der Waals surface area contributed by atoms with Crippen LogP contribution in [0.3, 0.4) is 0 Å². The molecule has 0 bridgehead atoms. The highest BCUT2D eigenvalue weighted by Gasteiger charge is 2.18. The van der Waals surface area contributed by atoms with Crippen molar-refractivity contribution in [1.82, 2.24) is 10.3 Å². The first-order chi connectivity index (χ1) is 9.27. The van der Waals surface area contributed by atoms with Crippen LogP contribution in [0.4, 0.5) is 0 Å². The van der Waals surface area contributed by atoms with E-state index in [4.69, 9.17) is 0 Å². The van der Waals surface area contributed by atoms with Gasteiger partial charge in [-0.1, -0.05) is 44.2 Å². The van der Waals surface area contributed by atoms with Gasteiger partial charge in [0.1, 0.15) is 0 Å². The van der Waals surface area contributed by atoms with Crippen LogP contribution in [0.1, 0.15) is 42.3 Å². The molecule has 0 saturated heterocycles. The molecule has 100 valence electrons. The standard InChI is InChI=1S/C17H22N2/c1-4-14-10-8-12-19-16(14)17(18-5-2)15-11-7-6-9-13(15)3/h6-12,17-18H,4-5H2,1-3H3. The van der Waals surface area contributed by atoms with Crippen molar-refractivity contribution < 1.29 is 0 Å². The van der Waals surface area contributed by atoms with Crippen molar-refractivity contribution in [3.8, 4) is 0 Å². The van der Waals surface area contributed by atoms with Crippen molar-refractivity contribution in [3.05, 3.63) is 65.0 Å². The lowest BCUT2D eigenvalue weighted by molar-refractivity contribution is 0.607. The Bertz CT molecular complexity index is 534. The van der Waals surface area contributed by atoms with Gasteiger partial charge in [0.2, 0.25) is 0 Å². The molecule has 2 heteroatoms. The number of nitrogens with zero attached hydrogens (tertiary/aromatic N) is 1. The lowest BCUT2D eigenvalue weighted by Crippen LogP contribution is -2.24. The van der Waals surface area contributed by atoms with E-state index < -0.39 is 0 Å². The quantitative estimate of drug-likeness (QED) is 0.881. The Morgan fingerprint density at radius 1 is 1.11 bits per heavy atom. The maximum absolute atomic E-state index is 4.62. The number of aryl methyl sites for hydroxylation is 2. The zero-order valence-electron chi connectivity index (χ0n) is 12.0. The van der Waals surface area contributed by atoms with Gasteiger partial charge >= 0.3 is 0 Å². The van der Waals surface area contributed by atoms with Crippen molar-refractivity contribution in [2.24, 2.45) is 0 Å². The molecule has 1 aromatic carbocycles. The molecule has 2 aromatic rings. The normalized spacial score (nSPS) is 12.4. The minimum absolute atomic E-state index is 0.183. The molecule has 2 nitrogen and oxygen atoms in total. The monoisotopic (exact) mass is 254 g/mol. The molecule has 0 amide bonds. The summed E-state index contributed by atoms with van der Waals surface area (Å²) in [6.07, 6.45) is 2.90. The van der Waals surface area contributed by atoms with E-state index in [2.05, 4.69) is 61.4 Å². The Morgan fingerprint density at radius 3 is 2.58 bits per heavy atom. The third kappa shape index (κ3) is 3.02. The molecule has 2 rings (SSSR count). The lowest BCUT2D eigenvalue weighted by atomic mass is 9.95. The van der Waals surface area contributed by atoms with Crippen molar-refractivity contribution in [2.45, 2.75) is 33.2 Å². The maximum atomic E-state index is 4.62. The number of nitrogens with one attached hydrogen (secondary N) is 1. The predicted octanol–water partition coefficient (Wildman–Crippen LogP) is 3.65. The summed E-state index contributed by atoms with van der Waals surface area (Å²) in [5.41, 5.74) is 5.09. The molecule has 1 unspecified atom stereocenters. The first kappa shape index (κ1) is 13.8. The topological polar surface area (TPSA) is 24.9 Å². The molecule has 0 aliphatic heterocycles. The molecule has 1 N–H and O–H groups in total. The van der Waals surface area contributed by atoms with Crippen molar-refractivity contribution in [3.63, 3.8) is 0 Å². The smallest absolute Gasteiger partial charge is 0.0756 e. The summed E-state index contributed by atoms with van der Waals surface area (Å²) in [6, 6.07) is 12.9. The SMILES string of the molecule is CCNC(c1ccccc1C)c1ncccc1CC. The first-order valence-electron chi connectivity index (χ1n) is 7.00. The van der Waals surface area contributed by atoms with Gasteiger partial charge in [-0.3, -0.25) is 4.98 Å². The van der Waals surface area contributed by atoms with Crippen LogP contribution in [0.5, 0.6) is 0 Å². The van der Waals surface area contributed by atoms with Crippen LogP contribution >= 0.6 is 0 Å². The first-order valence-corrected chi connectivity index (χ1v) is 7.00. The molecule has 19 heavy (non-hydrogen) atoms. The molecule has 0 spiro atoms. The van der Waals surface area contributed by atoms with E-state index in [1.807, 2.05) is 12.3 Å². The van der Waals surface area contributed by atoms with E-state index in [0.29, 0.717) is 0 Å². The number of benzene rings is 1. The van der Waals surface area contributed by atoms with Crippen LogP contribution in [-0.4, -0.2) is 11.5 Å². The number of hydrogen-bond acceptors (Lipinski definition) is 2. The molecular weight excluding hydrogens is 232 g/mol. The highest BCUT2D eigenvalue weighted by Crippen LogP contribution is 2.25. The summed E-state index contributed by atoms with van der Waals surface area (Å²) in [6.45, 7) is 7.41. The second-order valence-electron chi connectivity index (χ2n) is 4.75. The van der Waals surface area contributed by atoms with E-state index in [-0.39, 0.29) is 6.04 Å². The Hall–Kier alpha value is -1.67. The fourth-order valence-electron chi connectivity index (χ4n) is 2.48. The Morgan fingerprint density at radius 2 is 1.89 bits per heavy atom. The number of hydrogen-bond donors (Lipinski definition) is 1. The fraction of sp³-hybridized carbons (Fsp3) is 0.353. The third-order valence-corrected chi connectivity index (χ3v) is 3.49. The van der Waals surface area contributed by atoms with Gasteiger partial charge in [0, 0.05) is 6.20 Å². The minimum Gasteiger partial charge on any atom is -0.305 e. The average Bonchev–Trinajstić information content (AvgIpc) is 2.46. The van der Waals surface area contributed by atoms with Crippen molar-refractivity contribution >= 4 is 0 Å². The lowest BCUT2D eigenvalue weighted by Gasteiger charge is -2.22. The second kappa shape index (κ2) is 6.48. The van der Waals surface area contributed by atoms with Crippen LogP contribution < -0.4 is 5.32 Å².